The Hall–Kier alpha value is -1.16. The van der Waals surface area contributed by atoms with E-state index in [0.717, 1.165) is 25.1 Å². The summed E-state index contributed by atoms with van der Waals surface area (Å²) in [6, 6.07) is 0. The number of nitrogens with zero attached hydrogens (tertiary/aromatic N) is 1. The van der Waals surface area contributed by atoms with E-state index in [1.807, 2.05) is 0 Å². The maximum absolute atomic E-state index is 11.3. The standard InChI is InChI=1S/C9H15N3O/c1-2-3-4-8-11-6-7(5-10)9(13)12-8/h6H,2-5,10H2,1H3,(H,11,12,13). The summed E-state index contributed by atoms with van der Waals surface area (Å²) in [7, 11) is 0. The fraction of sp³-hybridized carbons (Fsp3) is 0.556. The molecule has 0 aliphatic heterocycles. The largest absolute Gasteiger partial charge is 0.326 e. The second kappa shape index (κ2) is 4.77. The van der Waals surface area contributed by atoms with Gasteiger partial charge in [0.2, 0.25) is 0 Å². The van der Waals surface area contributed by atoms with Gasteiger partial charge in [0, 0.05) is 24.7 Å². The topological polar surface area (TPSA) is 71.8 Å². The van der Waals surface area contributed by atoms with E-state index >= 15 is 0 Å². The molecule has 0 unspecified atom stereocenters. The van der Waals surface area contributed by atoms with Gasteiger partial charge in [0.1, 0.15) is 5.82 Å². The molecule has 0 saturated carbocycles. The molecule has 13 heavy (non-hydrogen) atoms. The number of aromatic nitrogens is 2. The molecular formula is C9H15N3O. The molecule has 4 nitrogen and oxygen atoms in total. The second-order valence-electron chi connectivity index (χ2n) is 2.99. The molecular weight excluding hydrogens is 166 g/mol. The van der Waals surface area contributed by atoms with Crippen LogP contribution in [0.4, 0.5) is 0 Å². The predicted octanol–water partition coefficient (Wildman–Crippen LogP) is 0.571. The Morgan fingerprint density at radius 1 is 1.62 bits per heavy atom. The molecule has 0 radical (unpaired) electrons. The third-order valence-corrected chi connectivity index (χ3v) is 1.91. The van der Waals surface area contributed by atoms with Gasteiger partial charge in [-0.3, -0.25) is 4.79 Å². The molecule has 1 heterocycles. The van der Waals surface area contributed by atoms with Crippen LogP contribution < -0.4 is 11.3 Å². The molecule has 1 aromatic heterocycles. The summed E-state index contributed by atoms with van der Waals surface area (Å²) in [5, 5.41) is 0. The highest BCUT2D eigenvalue weighted by atomic mass is 16.1. The van der Waals surface area contributed by atoms with Crippen molar-refractivity contribution in [2.75, 3.05) is 0 Å². The van der Waals surface area contributed by atoms with E-state index in [-0.39, 0.29) is 12.1 Å². The van der Waals surface area contributed by atoms with E-state index in [9.17, 15) is 4.79 Å². The molecule has 0 amide bonds. The zero-order valence-electron chi connectivity index (χ0n) is 7.84. The molecule has 72 valence electrons. The number of hydrogen-bond donors (Lipinski definition) is 2. The van der Waals surface area contributed by atoms with Crippen molar-refractivity contribution in [3.8, 4) is 0 Å². The molecule has 0 atom stereocenters. The molecule has 0 bridgehead atoms. The number of aromatic amines is 1. The number of nitrogens with one attached hydrogen (secondary N) is 1. The van der Waals surface area contributed by atoms with Gasteiger partial charge in [-0.05, 0) is 6.42 Å². The molecule has 0 spiro atoms. The van der Waals surface area contributed by atoms with Crippen molar-refractivity contribution in [1.29, 1.82) is 0 Å². The first-order valence-corrected chi connectivity index (χ1v) is 4.55. The first-order valence-electron chi connectivity index (χ1n) is 4.55. The number of nitrogens with two attached hydrogens (primary N) is 1. The van der Waals surface area contributed by atoms with Crippen molar-refractivity contribution in [1.82, 2.24) is 9.97 Å². The lowest BCUT2D eigenvalue weighted by Crippen LogP contribution is -2.18. The number of H-pyrrole nitrogens is 1. The molecule has 0 fully saturated rings. The summed E-state index contributed by atoms with van der Waals surface area (Å²) in [5.74, 6) is 0.754. The minimum atomic E-state index is -0.108. The van der Waals surface area contributed by atoms with Crippen molar-refractivity contribution in [2.45, 2.75) is 32.7 Å². The Kier molecular flexibility index (Phi) is 3.64. The lowest BCUT2D eigenvalue weighted by atomic mass is 10.2. The lowest BCUT2D eigenvalue weighted by molar-refractivity contribution is 0.743. The van der Waals surface area contributed by atoms with E-state index in [1.54, 1.807) is 6.20 Å². The highest BCUT2D eigenvalue weighted by Gasteiger charge is 1.99. The average Bonchev–Trinajstić information content (AvgIpc) is 2.15. The minimum absolute atomic E-state index is 0.108. The zero-order chi connectivity index (χ0) is 9.68. The van der Waals surface area contributed by atoms with Crippen molar-refractivity contribution >= 4 is 0 Å². The van der Waals surface area contributed by atoms with E-state index in [4.69, 9.17) is 5.73 Å². The SMILES string of the molecule is CCCCc1ncc(CN)c(=O)[nH]1. The maximum Gasteiger partial charge on any atom is 0.255 e. The fourth-order valence-corrected chi connectivity index (χ4v) is 1.07. The lowest BCUT2D eigenvalue weighted by Gasteiger charge is -1.99. The first-order chi connectivity index (χ1) is 6.27. The van der Waals surface area contributed by atoms with Crippen LogP contribution >= 0.6 is 0 Å². The van der Waals surface area contributed by atoms with Gasteiger partial charge in [-0.15, -0.1) is 0 Å². The van der Waals surface area contributed by atoms with E-state index in [0.29, 0.717) is 5.56 Å². The normalized spacial score (nSPS) is 10.3. The van der Waals surface area contributed by atoms with Gasteiger partial charge in [0.15, 0.2) is 0 Å². The molecule has 1 aromatic rings. The Labute approximate surface area is 77.2 Å². The Bertz CT molecular complexity index is 319. The highest BCUT2D eigenvalue weighted by Crippen LogP contribution is 1.96. The summed E-state index contributed by atoms with van der Waals surface area (Å²) in [6.07, 6.45) is 4.54. The van der Waals surface area contributed by atoms with E-state index in [1.165, 1.54) is 0 Å². The first kappa shape index (κ1) is 9.92. The van der Waals surface area contributed by atoms with Crippen LogP contribution in [0.5, 0.6) is 0 Å². The Morgan fingerprint density at radius 2 is 2.38 bits per heavy atom. The van der Waals surface area contributed by atoms with Gasteiger partial charge >= 0.3 is 0 Å². The van der Waals surface area contributed by atoms with Gasteiger partial charge in [0.25, 0.3) is 5.56 Å². The van der Waals surface area contributed by atoms with Gasteiger partial charge in [-0.25, -0.2) is 4.98 Å². The zero-order valence-corrected chi connectivity index (χ0v) is 7.84. The van der Waals surface area contributed by atoms with Crippen LogP contribution in [0.1, 0.15) is 31.2 Å². The van der Waals surface area contributed by atoms with Crippen LogP contribution in [0.25, 0.3) is 0 Å². The minimum Gasteiger partial charge on any atom is -0.326 e. The number of unbranched alkanes of at least 4 members (excludes halogenated alkanes) is 1. The molecule has 0 aliphatic rings. The van der Waals surface area contributed by atoms with Gasteiger partial charge in [0.05, 0.1) is 0 Å². The van der Waals surface area contributed by atoms with Crippen LogP contribution in [-0.2, 0) is 13.0 Å². The van der Waals surface area contributed by atoms with Crippen molar-refractivity contribution < 1.29 is 0 Å². The van der Waals surface area contributed by atoms with Gasteiger partial charge in [-0.2, -0.15) is 0 Å². The van der Waals surface area contributed by atoms with Gasteiger partial charge in [-0.1, -0.05) is 13.3 Å². The van der Waals surface area contributed by atoms with Crippen LogP contribution in [-0.4, -0.2) is 9.97 Å². The molecule has 4 heteroatoms. The van der Waals surface area contributed by atoms with Crippen LogP contribution in [0, 0.1) is 0 Å². The smallest absolute Gasteiger partial charge is 0.255 e. The van der Waals surface area contributed by atoms with Crippen molar-refractivity contribution in [2.24, 2.45) is 5.73 Å². The highest BCUT2D eigenvalue weighted by molar-refractivity contribution is 5.05. The van der Waals surface area contributed by atoms with Crippen LogP contribution in [0.3, 0.4) is 0 Å². The van der Waals surface area contributed by atoms with Crippen molar-refractivity contribution in [3.63, 3.8) is 0 Å². The van der Waals surface area contributed by atoms with Crippen molar-refractivity contribution in [3.05, 3.63) is 27.9 Å². The number of hydrogen-bond acceptors (Lipinski definition) is 3. The average molecular weight is 181 g/mol. The molecule has 0 aromatic carbocycles. The summed E-state index contributed by atoms with van der Waals surface area (Å²) in [5.41, 5.74) is 5.77. The predicted molar refractivity (Wildman–Crippen MR) is 51.4 cm³/mol. The third-order valence-electron chi connectivity index (χ3n) is 1.91. The quantitative estimate of drug-likeness (QED) is 0.713. The van der Waals surface area contributed by atoms with Crippen LogP contribution in [0.15, 0.2) is 11.0 Å². The summed E-state index contributed by atoms with van der Waals surface area (Å²) in [6.45, 7) is 2.35. The molecule has 0 aliphatic carbocycles. The summed E-state index contributed by atoms with van der Waals surface area (Å²) < 4.78 is 0. The molecule has 0 saturated heterocycles. The maximum atomic E-state index is 11.3. The molecule has 1 rings (SSSR count). The number of aryl methyl sites for hydroxylation is 1. The molecule has 3 N–H and O–H groups in total. The van der Waals surface area contributed by atoms with E-state index < -0.39 is 0 Å². The van der Waals surface area contributed by atoms with Gasteiger partial charge < -0.3 is 10.7 Å². The monoisotopic (exact) mass is 181 g/mol. The number of rotatable bonds is 4. The summed E-state index contributed by atoms with van der Waals surface area (Å²) >= 11 is 0. The Morgan fingerprint density at radius 3 is 2.92 bits per heavy atom. The Balaban J connectivity index is 2.77. The fourth-order valence-electron chi connectivity index (χ4n) is 1.07. The summed E-state index contributed by atoms with van der Waals surface area (Å²) in [4.78, 5) is 18.1. The second-order valence-corrected chi connectivity index (χ2v) is 2.99. The van der Waals surface area contributed by atoms with E-state index in [2.05, 4.69) is 16.9 Å². The third kappa shape index (κ3) is 2.66. The van der Waals surface area contributed by atoms with Crippen LogP contribution in [0.2, 0.25) is 0 Å².